The van der Waals surface area contributed by atoms with Gasteiger partial charge >= 0.3 is 0 Å². The predicted molar refractivity (Wildman–Crippen MR) is 42.0 cm³/mol. The van der Waals surface area contributed by atoms with E-state index in [1.807, 2.05) is 0 Å². The van der Waals surface area contributed by atoms with Gasteiger partial charge in [0.2, 0.25) is 5.91 Å². The number of hydrogen-bond acceptors (Lipinski definition) is 3. The first-order valence-corrected chi connectivity index (χ1v) is 3.36. The maximum atomic E-state index is 10.5. The number of aldehydes is 1. The van der Waals surface area contributed by atoms with Crippen molar-refractivity contribution in [1.29, 1.82) is 0 Å². The Morgan fingerprint density at radius 1 is 1.64 bits per heavy atom. The molecule has 4 nitrogen and oxygen atoms in total. The number of likely N-dealkylation sites (N-methyl/N-ethyl adjacent to an activating group) is 1. The van der Waals surface area contributed by atoms with Gasteiger partial charge in [0.1, 0.15) is 6.29 Å². The first-order valence-electron chi connectivity index (χ1n) is 3.36. The van der Waals surface area contributed by atoms with Gasteiger partial charge in [-0.1, -0.05) is 0 Å². The fourth-order valence-electron chi connectivity index (χ4n) is 0.527. The van der Waals surface area contributed by atoms with Crippen LogP contribution in [0.2, 0.25) is 0 Å². The van der Waals surface area contributed by atoms with Crippen molar-refractivity contribution in [2.24, 2.45) is 5.73 Å². The van der Waals surface area contributed by atoms with Crippen molar-refractivity contribution in [3.05, 3.63) is 0 Å². The zero-order valence-corrected chi connectivity index (χ0v) is 7.13. The van der Waals surface area contributed by atoms with Crippen molar-refractivity contribution in [3.63, 3.8) is 0 Å². The number of nitrogens with zero attached hydrogens (tertiary/aromatic N) is 1. The summed E-state index contributed by atoms with van der Waals surface area (Å²) in [6.45, 7) is 3.55. The Morgan fingerprint density at radius 3 is 2.36 bits per heavy atom. The van der Waals surface area contributed by atoms with Gasteiger partial charge in [0.25, 0.3) is 0 Å². The van der Waals surface area contributed by atoms with Crippen molar-refractivity contribution >= 4 is 12.2 Å². The van der Waals surface area contributed by atoms with E-state index in [1.54, 1.807) is 25.8 Å². The predicted octanol–water partition coefficient (Wildman–Crippen LogP) is -0.619. The second kappa shape index (κ2) is 3.48. The highest BCUT2D eigenvalue weighted by molar-refractivity contribution is 5.76. The molecule has 0 radical (unpaired) electrons. The van der Waals surface area contributed by atoms with E-state index in [2.05, 4.69) is 0 Å². The molecule has 0 saturated heterocycles. The molecular formula is C7H14N2O2. The van der Waals surface area contributed by atoms with E-state index in [4.69, 9.17) is 5.73 Å². The molecule has 0 aromatic carbocycles. The third-order valence-electron chi connectivity index (χ3n) is 1.67. The standard InChI is InChI=1S/C7H14N2O2/c1-7(2,5-10)9(3)4-6(8)11/h5H,4H2,1-3H3,(H2,8,11). The van der Waals surface area contributed by atoms with Crippen molar-refractivity contribution in [2.45, 2.75) is 19.4 Å². The summed E-state index contributed by atoms with van der Waals surface area (Å²) in [6, 6.07) is 0. The normalized spacial score (nSPS) is 11.6. The van der Waals surface area contributed by atoms with Crippen LogP contribution in [0.5, 0.6) is 0 Å². The molecule has 0 aromatic heterocycles. The number of amides is 1. The molecule has 0 aromatic rings. The van der Waals surface area contributed by atoms with Crippen LogP contribution in [0.3, 0.4) is 0 Å². The van der Waals surface area contributed by atoms with Crippen LogP contribution in [0.15, 0.2) is 0 Å². The lowest BCUT2D eigenvalue weighted by Crippen LogP contribution is -2.46. The van der Waals surface area contributed by atoms with Gasteiger partial charge in [-0.15, -0.1) is 0 Å². The molecule has 0 spiro atoms. The average Bonchev–Trinajstić information content (AvgIpc) is 1.86. The van der Waals surface area contributed by atoms with Gasteiger partial charge in [0, 0.05) is 0 Å². The summed E-state index contributed by atoms with van der Waals surface area (Å²) in [7, 11) is 1.68. The Bertz CT molecular complexity index is 166. The Balaban J connectivity index is 4.11. The summed E-state index contributed by atoms with van der Waals surface area (Å²) >= 11 is 0. The summed E-state index contributed by atoms with van der Waals surface area (Å²) in [5.74, 6) is -0.428. The van der Waals surface area contributed by atoms with Crippen LogP contribution >= 0.6 is 0 Å². The molecule has 0 saturated carbocycles. The van der Waals surface area contributed by atoms with E-state index in [1.165, 1.54) is 0 Å². The molecule has 0 atom stereocenters. The molecule has 1 amide bonds. The summed E-state index contributed by atoms with van der Waals surface area (Å²) in [4.78, 5) is 22.5. The van der Waals surface area contributed by atoms with Gasteiger partial charge in [-0.25, -0.2) is 0 Å². The summed E-state index contributed by atoms with van der Waals surface area (Å²) < 4.78 is 0. The molecule has 0 aliphatic carbocycles. The largest absolute Gasteiger partial charge is 0.369 e. The van der Waals surface area contributed by atoms with Crippen molar-refractivity contribution < 1.29 is 9.59 Å². The van der Waals surface area contributed by atoms with Crippen molar-refractivity contribution in [1.82, 2.24) is 4.90 Å². The number of nitrogens with two attached hydrogens (primary N) is 1. The topological polar surface area (TPSA) is 63.4 Å². The van der Waals surface area contributed by atoms with Gasteiger partial charge in [-0.05, 0) is 20.9 Å². The lowest BCUT2D eigenvalue weighted by molar-refractivity contribution is -0.122. The highest BCUT2D eigenvalue weighted by Crippen LogP contribution is 2.06. The Kier molecular flexibility index (Phi) is 3.19. The second-order valence-corrected chi connectivity index (χ2v) is 3.09. The van der Waals surface area contributed by atoms with Crippen LogP contribution < -0.4 is 5.73 Å². The van der Waals surface area contributed by atoms with E-state index in [9.17, 15) is 9.59 Å². The number of hydrogen-bond donors (Lipinski definition) is 1. The molecule has 0 aliphatic rings. The highest BCUT2D eigenvalue weighted by atomic mass is 16.1. The number of rotatable bonds is 4. The Morgan fingerprint density at radius 2 is 2.09 bits per heavy atom. The molecule has 0 bridgehead atoms. The minimum Gasteiger partial charge on any atom is -0.369 e. The van der Waals surface area contributed by atoms with E-state index >= 15 is 0 Å². The lowest BCUT2D eigenvalue weighted by atomic mass is 10.1. The van der Waals surface area contributed by atoms with Crippen LogP contribution in [0, 0.1) is 0 Å². The maximum Gasteiger partial charge on any atom is 0.231 e. The molecule has 64 valence electrons. The number of primary amides is 1. The molecule has 0 fully saturated rings. The lowest BCUT2D eigenvalue weighted by Gasteiger charge is -2.28. The molecule has 4 heteroatoms. The third-order valence-corrected chi connectivity index (χ3v) is 1.67. The average molecular weight is 158 g/mol. The SMILES string of the molecule is CN(CC(N)=O)C(C)(C)C=O. The monoisotopic (exact) mass is 158 g/mol. The van der Waals surface area contributed by atoms with Crippen LogP contribution in [0.1, 0.15) is 13.8 Å². The Hall–Kier alpha value is -0.900. The van der Waals surface area contributed by atoms with Crippen LogP contribution in [0.4, 0.5) is 0 Å². The van der Waals surface area contributed by atoms with E-state index in [-0.39, 0.29) is 6.54 Å². The fourth-order valence-corrected chi connectivity index (χ4v) is 0.527. The van der Waals surface area contributed by atoms with Crippen LogP contribution in [0.25, 0.3) is 0 Å². The first kappa shape index (κ1) is 10.1. The minimum atomic E-state index is -0.616. The third kappa shape index (κ3) is 3.13. The molecule has 0 aliphatic heterocycles. The van der Waals surface area contributed by atoms with Crippen LogP contribution in [-0.2, 0) is 9.59 Å². The quantitative estimate of drug-likeness (QED) is 0.555. The zero-order chi connectivity index (χ0) is 9.07. The summed E-state index contributed by atoms with van der Waals surface area (Å²) in [5, 5.41) is 0. The van der Waals surface area contributed by atoms with Gasteiger partial charge in [0.15, 0.2) is 0 Å². The molecule has 11 heavy (non-hydrogen) atoms. The number of carbonyl (C=O) groups is 2. The molecule has 2 N–H and O–H groups in total. The van der Waals surface area contributed by atoms with E-state index in [0.29, 0.717) is 0 Å². The van der Waals surface area contributed by atoms with Crippen molar-refractivity contribution in [3.8, 4) is 0 Å². The van der Waals surface area contributed by atoms with E-state index < -0.39 is 11.4 Å². The van der Waals surface area contributed by atoms with Crippen molar-refractivity contribution in [2.75, 3.05) is 13.6 Å². The van der Waals surface area contributed by atoms with Gasteiger partial charge in [-0.3, -0.25) is 9.69 Å². The van der Waals surface area contributed by atoms with Gasteiger partial charge in [0.05, 0.1) is 12.1 Å². The molecule has 0 unspecified atom stereocenters. The fraction of sp³-hybridized carbons (Fsp3) is 0.714. The molecule has 0 rings (SSSR count). The first-order chi connectivity index (χ1) is 4.90. The molecule has 0 heterocycles. The van der Waals surface area contributed by atoms with E-state index in [0.717, 1.165) is 6.29 Å². The summed E-state index contributed by atoms with van der Waals surface area (Å²) in [5.41, 5.74) is 4.33. The molecular weight excluding hydrogens is 144 g/mol. The second-order valence-electron chi connectivity index (χ2n) is 3.09. The minimum absolute atomic E-state index is 0.103. The van der Waals surface area contributed by atoms with Gasteiger partial charge < -0.3 is 10.5 Å². The Labute approximate surface area is 66.4 Å². The maximum absolute atomic E-state index is 10.5. The smallest absolute Gasteiger partial charge is 0.231 e. The highest BCUT2D eigenvalue weighted by Gasteiger charge is 2.23. The summed E-state index contributed by atoms with van der Waals surface area (Å²) in [6.07, 6.45) is 0.788. The van der Waals surface area contributed by atoms with Crippen LogP contribution in [-0.4, -0.2) is 36.2 Å². The zero-order valence-electron chi connectivity index (χ0n) is 7.13. The van der Waals surface area contributed by atoms with Gasteiger partial charge in [-0.2, -0.15) is 0 Å². The number of carbonyl (C=O) groups excluding carboxylic acids is 2.